The number of aryl methyl sites for hydroxylation is 1. The lowest BCUT2D eigenvalue weighted by molar-refractivity contribution is -0.123. The first-order chi connectivity index (χ1) is 15.1. The van der Waals surface area contributed by atoms with Crippen molar-refractivity contribution in [3.05, 3.63) is 76.8 Å². The van der Waals surface area contributed by atoms with Gasteiger partial charge in [0.15, 0.2) is 6.61 Å². The van der Waals surface area contributed by atoms with Crippen LogP contribution < -0.4 is 20.5 Å². The van der Waals surface area contributed by atoms with Crippen LogP contribution in [-0.2, 0) is 11.2 Å². The molecule has 0 saturated carbocycles. The minimum Gasteiger partial charge on any atom is -0.483 e. The van der Waals surface area contributed by atoms with Crippen LogP contribution in [0, 0.1) is 0 Å². The Morgan fingerprint density at radius 3 is 2.23 bits per heavy atom. The summed E-state index contributed by atoms with van der Waals surface area (Å²) in [5, 5.41) is 0. The molecule has 3 aromatic carbocycles. The zero-order valence-corrected chi connectivity index (χ0v) is 19.1. The molecule has 3 aromatic rings. The van der Waals surface area contributed by atoms with Gasteiger partial charge in [-0.3, -0.25) is 15.1 Å². The minimum atomic E-state index is -0.465. The number of ether oxygens (including phenoxy) is 1. The highest BCUT2D eigenvalue weighted by molar-refractivity contribution is 9.10. The van der Waals surface area contributed by atoms with Gasteiger partial charge in [-0.05, 0) is 64.3 Å². The van der Waals surface area contributed by atoms with Crippen LogP contribution in [0.15, 0.2) is 81.0 Å². The summed E-state index contributed by atoms with van der Waals surface area (Å²) in [6.07, 6.45) is 0.909. The van der Waals surface area contributed by atoms with Crippen LogP contribution >= 0.6 is 27.7 Å². The Morgan fingerprint density at radius 2 is 1.61 bits per heavy atom. The van der Waals surface area contributed by atoms with Crippen molar-refractivity contribution in [1.82, 2.24) is 10.9 Å². The summed E-state index contributed by atoms with van der Waals surface area (Å²) in [7, 11) is 0. The number of hydrazine groups is 1. The maximum atomic E-state index is 13.0. The summed E-state index contributed by atoms with van der Waals surface area (Å²) < 4.78 is 6.34. The van der Waals surface area contributed by atoms with Gasteiger partial charge in [-0.15, -0.1) is 0 Å². The fraction of sp³-hybridized carbons (Fsp3) is 0.130. The molecule has 8 heteroatoms. The normalized spacial score (nSPS) is 11.9. The van der Waals surface area contributed by atoms with Crippen LogP contribution in [0.4, 0.5) is 16.2 Å². The molecule has 0 aromatic heterocycles. The van der Waals surface area contributed by atoms with Gasteiger partial charge in [0.1, 0.15) is 5.75 Å². The van der Waals surface area contributed by atoms with Gasteiger partial charge in [0, 0.05) is 9.79 Å². The number of carbonyl (C=O) groups is 2. The number of carbonyl (C=O) groups excluding carboxylic acids is 2. The van der Waals surface area contributed by atoms with Crippen LogP contribution in [-0.4, -0.2) is 18.5 Å². The predicted octanol–water partition coefficient (Wildman–Crippen LogP) is 5.43. The van der Waals surface area contributed by atoms with E-state index in [0.717, 1.165) is 37.6 Å². The number of hydrogen-bond donors (Lipinski definition) is 2. The van der Waals surface area contributed by atoms with Crippen molar-refractivity contribution in [2.24, 2.45) is 0 Å². The lowest BCUT2D eigenvalue weighted by atomic mass is 10.2. The van der Waals surface area contributed by atoms with E-state index in [0.29, 0.717) is 5.75 Å². The fourth-order valence-corrected chi connectivity index (χ4v) is 4.76. The van der Waals surface area contributed by atoms with E-state index in [-0.39, 0.29) is 6.61 Å². The number of para-hydroxylation sites is 2. The number of rotatable bonds is 4. The molecule has 0 radical (unpaired) electrons. The van der Waals surface area contributed by atoms with Gasteiger partial charge in [0.25, 0.3) is 5.91 Å². The van der Waals surface area contributed by atoms with Crippen molar-refractivity contribution >= 4 is 51.0 Å². The molecule has 2 N–H and O–H groups in total. The molecular weight excluding hydrogens is 478 g/mol. The first-order valence-corrected chi connectivity index (χ1v) is 11.3. The largest absolute Gasteiger partial charge is 0.483 e. The van der Waals surface area contributed by atoms with Gasteiger partial charge in [0.05, 0.1) is 15.8 Å². The van der Waals surface area contributed by atoms with E-state index >= 15 is 0 Å². The summed E-state index contributed by atoms with van der Waals surface area (Å²) in [4.78, 5) is 28.7. The van der Waals surface area contributed by atoms with Crippen molar-refractivity contribution in [1.29, 1.82) is 0 Å². The van der Waals surface area contributed by atoms with Gasteiger partial charge in [-0.2, -0.15) is 0 Å². The highest BCUT2D eigenvalue weighted by Gasteiger charge is 2.28. The second-order valence-electron chi connectivity index (χ2n) is 6.76. The Balaban J connectivity index is 1.41. The second kappa shape index (κ2) is 9.45. The van der Waals surface area contributed by atoms with E-state index in [1.54, 1.807) is 16.7 Å². The molecule has 0 bridgehead atoms. The Morgan fingerprint density at radius 1 is 0.968 bits per heavy atom. The van der Waals surface area contributed by atoms with Crippen molar-refractivity contribution in [3.63, 3.8) is 0 Å². The minimum absolute atomic E-state index is 0.229. The molecule has 0 unspecified atom stereocenters. The highest BCUT2D eigenvalue weighted by Crippen LogP contribution is 2.47. The number of urea groups is 1. The number of amides is 3. The maximum absolute atomic E-state index is 13.0. The van der Waals surface area contributed by atoms with Gasteiger partial charge in [-0.1, -0.05) is 49.0 Å². The van der Waals surface area contributed by atoms with E-state index in [2.05, 4.69) is 33.7 Å². The van der Waals surface area contributed by atoms with E-state index in [1.807, 2.05) is 66.7 Å². The number of halogens is 1. The molecule has 1 heterocycles. The fourth-order valence-electron chi connectivity index (χ4n) is 3.16. The average molecular weight is 498 g/mol. The van der Waals surface area contributed by atoms with Crippen molar-refractivity contribution in [2.45, 2.75) is 23.1 Å². The van der Waals surface area contributed by atoms with E-state index in [1.165, 1.54) is 0 Å². The third kappa shape index (κ3) is 4.70. The van der Waals surface area contributed by atoms with Crippen molar-refractivity contribution in [3.8, 4) is 5.75 Å². The first kappa shape index (κ1) is 21.3. The Hall–Kier alpha value is -2.97. The monoisotopic (exact) mass is 497 g/mol. The smallest absolute Gasteiger partial charge is 0.345 e. The number of anilines is 2. The third-order valence-electron chi connectivity index (χ3n) is 4.71. The molecule has 1 aliphatic rings. The van der Waals surface area contributed by atoms with Crippen LogP contribution in [0.2, 0.25) is 0 Å². The van der Waals surface area contributed by atoms with E-state index in [4.69, 9.17) is 4.74 Å². The summed E-state index contributed by atoms with van der Waals surface area (Å²) in [5.41, 5.74) is 7.60. The highest BCUT2D eigenvalue weighted by atomic mass is 79.9. The second-order valence-corrected chi connectivity index (χ2v) is 8.70. The molecule has 31 heavy (non-hydrogen) atoms. The lowest BCUT2D eigenvalue weighted by Crippen LogP contribution is -2.49. The summed E-state index contributed by atoms with van der Waals surface area (Å²) in [5.74, 6) is 0.0994. The number of fused-ring (bicyclic) bond motifs is 2. The molecule has 0 fully saturated rings. The zero-order chi connectivity index (χ0) is 21.8. The van der Waals surface area contributed by atoms with Gasteiger partial charge < -0.3 is 4.74 Å². The van der Waals surface area contributed by atoms with E-state index in [9.17, 15) is 9.59 Å². The molecule has 0 spiro atoms. The zero-order valence-electron chi connectivity index (χ0n) is 16.7. The van der Waals surface area contributed by atoms with Gasteiger partial charge in [-0.25, -0.2) is 10.2 Å². The average Bonchev–Trinajstić information content (AvgIpc) is 2.80. The molecule has 0 aliphatic carbocycles. The van der Waals surface area contributed by atoms with Gasteiger partial charge >= 0.3 is 6.03 Å². The number of hydrogen-bond acceptors (Lipinski definition) is 4. The third-order valence-corrected chi connectivity index (χ3v) is 6.46. The predicted molar refractivity (Wildman–Crippen MR) is 125 cm³/mol. The Kier molecular flexibility index (Phi) is 6.48. The molecule has 6 nitrogen and oxygen atoms in total. The number of benzene rings is 3. The summed E-state index contributed by atoms with van der Waals surface area (Å²) in [6, 6.07) is 20.6. The van der Waals surface area contributed by atoms with Crippen molar-refractivity contribution < 1.29 is 14.3 Å². The Bertz CT molecular complexity index is 1090. The van der Waals surface area contributed by atoms with Crippen LogP contribution in [0.25, 0.3) is 0 Å². The van der Waals surface area contributed by atoms with Crippen LogP contribution in [0.1, 0.15) is 12.5 Å². The van der Waals surface area contributed by atoms with Crippen molar-refractivity contribution in [2.75, 3.05) is 11.5 Å². The van der Waals surface area contributed by atoms with E-state index < -0.39 is 11.9 Å². The lowest BCUT2D eigenvalue weighted by Gasteiger charge is -2.30. The molecule has 1 aliphatic heterocycles. The molecule has 3 amide bonds. The standard InChI is InChI=1S/C23H20BrN3O3S/c1-2-15-11-12-19(16(24)13-15)30-14-22(28)25-26-23(29)27-17-7-3-5-9-20(17)31-21-10-6-4-8-18(21)27/h3-13H,2,14H2,1H3,(H,25,28)(H,26,29). The van der Waals surface area contributed by atoms with Crippen LogP contribution in [0.5, 0.6) is 5.75 Å². The van der Waals surface area contributed by atoms with Crippen LogP contribution in [0.3, 0.4) is 0 Å². The quantitative estimate of drug-likeness (QED) is 0.471. The SMILES string of the molecule is CCc1ccc(OCC(=O)NNC(=O)N2c3ccccc3Sc3ccccc32)c(Br)c1. The topological polar surface area (TPSA) is 70.7 Å². The number of nitrogens with one attached hydrogen (secondary N) is 2. The number of nitrogens with zero attached hydrogens (tertiary/aromatic N) is 1. The van der Waals surface area contributed by atoms with Gasteiger partial charge in [0.2, 0.25) is 0 Å². The molecule has 158 valence electrons. The maximum Gasteiger partial charge on any atom is 0.345 e. The summed E-state index contributed by atoms with van der Waals surface area (Å²) in [6.45, 7) is 1.84. The first-order valence-electron chi connectivity index (χ1n) is 9.73. The molecular formula is C23H20BrN3O3S. The molecule has 0 saturated heterocycles. The summed E-state index contributed by atoms with van der Waals surface area (Å²) >= 11 is 5.05. The molecule has 4 rings (SSSR count). The Labute approximate surface area is 193 Å². The molecule has 0 atom stereocenters.